The van der Waals surface area contributed by atoms with Gasteiger partial charge in [-0.1, -0.05) is 13.8 Å². The van der Waals surface area contributed by atoms with E-state index in [9.17, 15) is 9.59 Å². The Balaban J connectivity index is 2.37. The van der Waals surface area contributed by atoms with E-state index in [0.29, 0.717) is 29.2 Å². The van der Waals surface area contributed by atoms with Crippen molar-refractivity contribution < 1.29 is 19.1 Å². The first-order chi connectivity index (χ1) is 11.5. The number of methoxy groups -OCH3 is 2. The van der Waals surface area contributed by atoms with E-state index in [4.69, 9.17) is 9.47 Å². The first-order valence-electron chi connectivity index (χ1n) is 8.31. The van der Waals surface area contributed by atoms with Crippen LogP contribution < -0.4 is 14.8 Å². The third-order valence-electron chi connectivity index (χ3n) is 4.02. The minimum atomic E-state index is -0.118. The van der Waals surface area contributed by atoms with E-state index < -0.39 is 0 Å². The molecular formula is C18H26N2O4. The molecule has 0 bridgehead atoms. The van der Waals surface area contributed by atoms with Gasteiger partial charge in [-0.15, -0.1) is 0 Å². The molecule has 1 fully saturated rings. The van der Waals surface area contributed by atoms with Crippen molar-refractivity contribution in [1.82, 2.24) is 4.90 Å². The monoisotopic (exact) mass is 334 g/mol. The molecule has 6 nitrogen and oxygen atoms in total. The Kier molecular flexibility index (Phi) is 6.06. The first kappa shape index (κ1) is 18.1. The van der Waals surface area contributed by atoms with E-state index in [0.717, 1.165) is 25.9 Å². The molecule has 1 N–H and O–H groups in total. The van der Waals surface area contributed by atoms with Crippen LogP contribution >= 0.6 is 0 Å². The van der Waals surface area contributed by atoms with E-state index in [2.05, 4.69) is 5.32 Å². The van der Waals surface area contributed by atoms with Crippen molar-refractivity contribution in [1.29, 1.82) is 0 Å². The highest BCUT2D eigenvalue weighted by atomic mass is 16.5. The number of carbonyl (C=O) groups is 2. The summed E-state index contributed by atoms with van der Waals surface area (Å²) in [6, 6.07) is 3.30. The lowest BCUT2D eigenvalue weighted by Crippen LogP contribution is -2.29. The summed E-state index contributed by atoms with van der Waals surface area (Å²) in [5, 5.41) is 2.85. The van der Waals surface area contributed by atoms with Gasteiger partial charge in [0.2, 0.25) is 5.91 Å². The highest BCUT2D eigenvalue weighted by molar-refractivity contribution is 6.04. The minimum absolute atomic E-state index is 0.0895. The molecule has 1 aromatic carbocycles. The van der Waals surface area contributed by atoms with Gasteiger partial charge in [-0.25, -0.2) is 0 Å². The van der Waals surface area contributed by atoms with E-state index in [1.165, 1.54) is 14.2 Å². The van der Waals surface area contributed by atoms with Gasteiger partial charge in [0, 0.05) is 25.6 Å². The molecule has 0 spiro atoms. The number of benzene rings is 1. The molecule has 0 aromatic heterocycles. The van der Waals surface area contributed by atoms with Gasteiger partial charge < -0.3 is 19.7 Å². The maximum Gasteiger partial charge on any atom is 0.256 e. The Morgan fingerprint density at radius 2 is 1.71 bits per heavy atom. The van der Waals surface area contributed by atoms with Crippen LogP contribution in [0.4, 0.5) is 5.69 Å². The fourth-order valence-corrected chi connectivity index (χ4v) is 2.82. The molecule has 2 rings (SSSR count). The van der Waals surface area contributed by atoms with Crippen molar-refractivity contribution in [2.45, 2.75) is 33.1 Å². The van der Waals surface area contributed by atoms with Crippen LogP contribution in [0.3, 0.4) is 0 Å². The highest BCUT2D eigenvalue weighted by Gasteiger charge is 2.25. The maximum atomic E-state index is 12.8. The van der Waals surface area contributed by atoms with Crippen molar-refractivity contribution in [3.63, 3.8) is 0 Å². The molecule has 1 aliphatic rings. The molecule has 1 heterocycles. The lowest BCUT2D eigenvalue weighted by Gasteiger charge is -2.20. The Hall–Kier alpha value is -2.24. The summed E-state index contributed by atoms with van der Waals surface area (Å²) in [4.78, 5) is 26.8. The van der Waals surface area contributed by atoms with Gasteiger partial charge in [-0.2, -0.15) is 0 Å². The molecule has 0 saturated carbocycles. The smallest absolute Gasteiger partial charge is 0.256 e. The number of hydrogen-bond donors (Lipinski definition) is 1. The van der Waals surface area contributed by atoms with Gasteiger partial charge in [0.05, 0.1) is 25.5 Å². The lowest BCUT2D eigenvalue weighted by molar-refractivity contribution is -0.116. The van der Waals surface area contributed by atoms with Crippen LogP contribution in [-0.4, -0.2) is 44.0 Å². The van der Waals surface area contributed by atoms with Crippen LogP contribution in [0.1, 0.15) is 43.5 Å². The van der Waals surface area contributed by atoms with Gasteiger partial charge in [0.25, 0.3) is 5.91 Å². The summed E-state index contributed by atoms with van der Waals surface area (Å²) in [7, 11) is 3.05. The van der Waals surface area contributed by atoms with Crippen molar-refractivity contribution in [2.24, 2.45) is 5.92 Å². The molecule has 6 heteroatoms. The molecule has 2 amide bonds. The van der Waals surface area contributed by atoms with Crippen molar-refractivity contribution in [3.8, 4) is 11.5 Å². The molecule has 0 atom stereocenters. The average molecular weight is 334 g/mol. The number of amides is 2. The van der Waals surface area contributed by atoms with Crippen molar-refractivity contribution >= 4 is 17.5 Å². The van der Waals surface area contributed by atoms with Crippen LogP contribution in [0.2, 0.25) is 0 Å². The molecule has 0 unspecified atom stereocenters. The topological polar surface area (TPSA) is 67.9 Å². The van der Waals surface area contributed by atoms with Gasteiger partial charge >= 0.3 is 0 Å². The number of carbonyl (C=O) groups excluding carboxylic acids is 2. The van der Waals surface area contributed by atoms with Crippen molar-refractivity contribution in [2.75, 3.05) is 32.6 Å². The predicted octanol–water partition coefficient (Wildman–Crippen LogP) is 2.92. The summed E-state index contributed by atoms with van der Waals surface area (Å²) in [5.41, 5.74) is 0.904. The molecule has 24 heavy (non-hydrogen) atoms. The highest BCUT2D eigenvalue weighted by Crippen LogP contribution is 2.34. The molecule has 132 valence electrons. The number of nitrogens with one attached hydrogen (secondary N) is 1. The van der Waals surface area contributed by atoms with E-state index >= 15 is 0 Å². The molecule has 1 aliphatic heterocycles. The van der Waals surface area contributed by atoms with Gasteiger partial charge in [0.1, 0.15) is 0 Å². The second kappa shape index (κ2) is 8.04. The lowest BCUT2D eigenvalue weighted by atomic mass is 10.1. The zero-order chi connectivity index (χ0) is 17.7. The number of anilines is 1. The predicted molar refractivity (Wildman–Crippen MR) is 92.8 cm³/mol. The second-order valence-electron chi connectivity index (χ2n) is 6.40. The molecule has 0 aliphatic carbocycles. The maximum absolute atomic E-state index is 12.8. The number of likely N-dealkylation sites (tertiary alicyclic amines) is 1. The standard InChI is InChI=1S/C18H26N2O4/c1-12(2)9-17(21)19-14-11-16(24-4)15(23-3)10-13(14)18(22)20-7-5-6-8-20/h10-12H,5-9H2,1-4H3,(H,19,21). The quantitative estimate of drug-likeness (QED) is 0.868. The van der Waals surface area contributed by atoms with Crippen LogP contribution in [0.25, 0.3) is 0 Å². The van der Waals surface area contributed by atoms with Crippen LogP contribution in [0, 0.1) is 5.92 Å². The van der Waals surface area contributed by atoms with Crippen LogP contribution in [0.5, 0.6) is 11.5 Å². The zero-order valence-electron chi connectivity index (χ0n) is 14.8. The second-order valence-corrected chi connectivity index (χ2v) is 6.40. The number of hydrogen-bond acceptors (Lipinski definition) is 4. The average Bonchev–Trinajstić information content (AvgIpc) is 3.07. The summed E-state index contributed by atoms with van der Waals surface area (Å²) in [6.07, 6.45) is 2.41. The molecule has 1 aromatic rings. The van der Waals surface area contributed by atoms with E-state index in [-0.39, 0.29) is 17.7 Å². The zero-order valence-corrected chi connectivity index (χ0v) is 14.8. The summed E-state index contributed by atoms with van der Waals surface area (Å²) < 4.78 is 10.6. The first-order valence-corrected chi connectivity index (χ1v) is 8.31. The fourth-order valence-electron chi connectivity index (χ4n) is 2.82. The normalized spacial score (nSPS) is 14.0. The molecule has 0 radical (unpaired) electrons. The Bertz CT molecular complexity index is 607. The van der Waals surface area contributed by atoms with Gasteiger partial charge in [-0.05, 0) is 24.8 Å². The number of ether oxygens (including phenoxy) is 2. The third-order valence-corrected chi connectivity index (χ3v) is 4.02. The van der Waals surface area contributed by atoms with Crippen LogP contribution in [-0.2, 0) is 4.79 Å². The Morgan fingerprint density at radius 1 is 1.12 bits per heavy atom. The van der Waals surface area contributed by atoms with Crippen LogP contribution in [0.15, 0.2) is 12.1 Å². The van der Waals surface area contributed by atoms with E-state index in [1.54, 1.807) is 17.0 Å². The number of nitrogens with zero attached hydrogens (tertiary/aromatic N) is 1. The minimum Gasteiger partial charge on any atom is -0.493 e. The Morgan fingerprint density at radius 3 is 2.25 bits per heavy atom. The number of rotatable bonds is 6. The largest absolute Gasteiger partial charge is 0.493 e. The van der Waals surface area contributed by atoms with Gasteiger partial charge in [0.15, 0.2) is 11.5 Å². The third kappa shape index (κ3) is 4.19. The summed E-state index contributed by atoms with van der Waals surface area (Å²) in [5.74, 6) is 0.987. The molecule has 1 saturated heterocycles. The Labute approximate surface area is 143 Å². The summed E-state index contributed by atoms with van der Waals surface area (Å²) >= 11 is 0. The van der Waals surface area contributed by atoms with Gasteiger partial charge in [-0.3, -0.25) is 9.59 Å². The summed E-state index contributed by atoms with van der Waals surface area (Å²) in [6.45, 7) is 5.44. The SMILES string of the molecule is COc1cc(NC(=O)CC(C)C)c(C(=O)N2CCCC2)cc1OC. The molecular weight excluding hydrogens is 308 g/mol. The van der Waals surface area contributed by atoms with Crippen molar-refractivity contribution in [3.05, 3.63) is 17.7 Å². The van der Waals surface area contributed by atoms with E-state index in [1.807, 2.05) is 13.8 Å². The fraction of sp³-hybridized carbons (Fsp3) is 0.556.